The predicted octanol–water partition coefficient (Wildman–Crippen LogP) is 3.92. The van der Waals surface area contributed by atoms with Gasteiger partial charge in [-0.1, -0.05) is 19.1 Å². The number of benzene rings is 1. The Morgan fingerprint density at radius 1 is 1.27 bits per heavy atom. The third-order valence-electron chi connectivity index (χ3n) is 2.25. The van der Waals surface area contributed by atoms with Crippen LogP contribution in [0.5, 0.6) is 0 Å². The molecule has 4 heteroatoms. The van der Waals surface area contributed by atoms with Crippen molar-refractivity contribution < 1.29 is 13.2 Å². The van der Waals surface area contributed by atoms with Gasteiger partial charge in [-0.2, -0.15) is 13.2 Å². The molecule has 84 valence electrons. The molecule has 1 rings (SSSR count). The minimum absolute atomic E-state index is 0.0356. The van der Waals surface area contributed by atoms with Gasteiger partial charge in [0.05, 0.1) is 5.56 Å². The Bertz CT molecular complexity index is 320. The summed E-state index contributed by atoms with van der Waals surface area (Å²) in [6.45, 7) is 3.78. The Hall–Kier alpha value is -1.19. The molecule has 1 nitrogen and oxygen atoms in total. The third-order valence-corrected chi connectivity index (χ3v) is 2.25. The Morgan fingerprint density at radius 3 is 2.40 bits per heavy atom. The van der Waals surface area contributed by atoms with Gasteiger partial charge in [0, 0.05) is 11.7 Å². The van der Waals surface area contributed by atoms with E-state index in [1.165, 1.54) is 12.1 Å². The summed E-state index contributed by atoms with van der Waals surface area (Å²) in [6.07, 6.45) is -3.51. The lowest BCUT2D eigenvalue weighted by molar-refractivity contribution is -0.137. The largest absolute Gasteiger partial charge is 0.418 e. The second-order valence-electron chi connectivity index (χ2n) is 3.50. The van der Waals surface area contributed by atoms with Gasteiger partial charge in [-0.15, -0.1) is 0 Å². The van der Waals surface area contributed by atoms with Crippen molar-refractivity contribution in [1.82, 2.24) is 0 Å². The van der Waals surface area contributed by atoms with Crippen molar-refractivity contribution in [1.29, 1.82) is 0 Å². The first-order valence-corrected chi connectivity index (χ1v) is 4.88. The fraction of sp³-hybridized carbons (Fsp3) is 0.455. The molecule has 0 saturated carbocycles. The summed E-state index contributed by atoms with van der Waals surface area (Å²) >= 11 is 0. The highest BCUT2D eigenvalue weighted by Crippen LogP contribution is 2.34. The molecule has 0 heterocycles. The fourth-order valence-corrected chi connectivity index (χ4v) is 1.22. The normalized spacial score (nSPS) is 13.7. The van der Waals surface area contributed by atoms with Crippen molar-refractivity contribution in [3.05, 3.63) is 29.8 Å². The Morgan fingerprint density at radius 2 is 1.87 bits per heavy atom. The van der Waals surface area contributed by atoms with E-state index < -0.39 is 11.7 Å². The molecule has 0 radical (unpaired) electrons. The zero-order valence-electron chi connectivity index (χ0n) is 8.73. The third kappa shape index (κ3) is 3.15. The maximum absolute atomic E-state index is 12.6. The molecular weight excluding hydrogens is 203 g/mol. The van der Waals surface area contributed by atoms with Gasteiger partial charge in [0.15, 0.2) is 0 Å². The molecule has 0 saturated heterocycles. The highest BCUT2D eigenvalue weighted by molar-refractivity contribution is 5.53. The molecule has 0 spiro atoms. The van der Waals surface area contributed by atoms with E-state index >= 15 is 0 Å². The van der Waals surface area contributed by atoms with E-state index in [9.17, 15) is 13.2 Å². The van der Waals surface area contributed by atoms with Gasteiger partial charge >= 0.3 is 6.18 Å². The zero-order valence-corrected chi connectivity index (χ0v) is 8.73. The lowest BCUT2D eigenvalue weighted by Crippen LogP contribution is -2.17. The van der Waals surface area contributed by atoms with E-state index in [1.54, 1.807) is 6.07 Å². The van der Waals surface area contributed by atoms with Crippen molar-refractivity contribution in [2.45, 2.75) is 32.5 Å². The van der Waals surface area contributed by atoms with Crippen LogP contribution in [0, 0.1) is 0 Å². The molecule has 1 aromatic rings. The minimum Gasteiger partial charge on any atom is -0.382 e. The average molecular weight is 217 g/mol. The van der Waals surface area contributed by atoms with Crippen LogP contribution in [0.15, 0.2) is 24.3 Å². The summed E-state index contributed by atoms with van der Waals surface area (Å²) in [4.78, 5) is 0. The van der Waals surface area contributed by atoms with Crippen LogP contribution >= 0.6 is 0 Å². The van der Waals surface area contributed by atoms with E-state index in [1.807, 2.05) is 13.8 Å². The molecular formula is C11H14F3N. The van der Waals surface area contributed by atoms with Crippen molar-refractivity contribution in [3.63, 3.8) is 0 Å². The molecule has 0 aliphatic heterocycles. The first-order valence-electron chi connectivity index (χ1n) is 4.88. The Balaban J connectivity index is 2.97. The van der Waals surface area contributed by atoms with Crippen LogP contribution in [0.3, 0.4) is 0 Å². The monoisotopic (exact) mass is 217 g/mol. The SMILES string of the molecule is CCC(C)Nc1ccccc1C(F)(F)F. The number of rotatable bonds is 3. The number of nitrogens with one attached hydrogen (secondary N) is 1. The molecule has 0 amide bonds. The van der Waals surface area contributed by atoms with Crippen molar-refractivity contribution in [2.75, 3.05) is 5.32 Å². The quantitative estimate of drug-likeness (QED) is 0.809. The van der Waals surface area contributed by atoms with Crippen molar-refractivity contribution in [3.8, 4) is 0 Å². The second kappa shape index (κ2) is 4.55. The second-order valence-corrected chi connectivity index (χ2v) is 3.50. The van der Waals surface area contributed by atoms with Crippen LogP contribution in [0.4, 0.5) is 18.9 Å². The lowest BCUT2D eigenvalue weighted by atomic mass is 10.1. The molecule has 0 aliphatic carbocycles. The van der Waals surface area contributed by atoms with Gasteiger partial charge in [0.2, 0.25) is 0 Å². The molecule has 0 aliphatic rings. The van der Waals surface area contributed by atoms with Crippen LogP contribution in [0.2, 0.25) is 0 Å². The maximum atomic E-state index is 12.6. The number of hydrogen-bond acceptors (Lipinski definition) is 1. The highest BCUT2D eigenvalue weighted by atomic mass is 19.4. The predicted molar refractivity (Wildman–Crippen MR) is 54.8 cm³/mol. The van der Waals surface area contributed by atoms with Crippen LogP contribution in [-0.2, 0) is 6.18 Å². The Labute approximate surface area is 87.3 Å². The summed E-state index contributed by atoms with van der Waals surface area (Å²) in [5.74, 6) is 0. The maximum Gasteiger partial charge on any atom is 0.418 e. The number of alkyl halides is 3. The van der Waals surface area contributed by atoms with Gasteiger partial charge < -0.3 is 5.32 Å². The molecule has 1 aromatic carbocycles. The van der Waals surface area contributed by atoms with Crippen LogP contribution in [0.25, 0.3) is 0 Å². The van der Waals surface area contributed by atoms with E-state index in [4.69, 9.17) is 0 Å². The summed E-state index contributed by atoms with van der Waals surface area (Å²) in [7, 11) is 0. The highest BCUT2D eigenvalue weighted by Gasteiger charge is 2.33. The van der Waals surface area contributed by atoms with Crippen molar-refractivity contribution >= 4 is 5.69 Å². The topological polar surface area (TPSA) is 12.0 Å². The van der Waals surface area contributed by atoms with Crippen LogP contribution < -0.4 is 5.32 Å². The summed E-state index contributed by atoms with van der Waals surface area (Å²) in [6, 6.07) is 5.57. The smallest absolute Gasteiger partial charge is 0.382 e. The first-order chi connectivity index (χ1) is 6.95. The number of para-hydroxylation sites is 1. The lowest BCUT2D eigenvalue weighted by Gasteiger charge is -2.17. The molecule has 1 atom stereocenters. The van der Waals surface area contributed by atoms with Crippen molar-refractivity contribution in [2.24, 2.45) is 0 Å². The standard InChI is InChI=1S/C11H14F3N/c1-3-8(2)15-10-7-5-4-6-9(10)11(12,13)14/h4-8,15H,3H2,1-2H3. The van der Waals surface area contributed by atoms with E-state index in [2.05, 4.69) is 5.32 Å². The van der Waals surface area contributed by atoms with Gasteiger partial charge in [-0.3, -0.25) is 0 Å². The minimum atomic E-state index is -4.29. The number of anilines is 1. The van der Waals surface area contributed by atoms with Crippen LogP contribution in [0.1, 0.15) is 25.8 Å². The Kier molecular flexibility index (Phi) is 3.61. The van der Waals surface area contributed by atoms with E-state index in [0.717, 1.165) is 12.5 Å². The fourth-order valence-electron chi connectivity index (χ4n) is 1.22. The number of halogens is 3. The average Bonchev–Trinajstić information content (AvgIpc) is 2.17. The van der Waals surface area contributed by atoms with E-state index in [0.29, 0.717) is 0 Å². The molecule has 15 heavy (non-hydrogen) atoms. The molecule has 1 N–H and O–H groups in total. The van der Waals surface area contributed by atoms with Gasteiger partial charge in [0.25, 0.3) is 0 Å². The molecule has 0 bridgehead atoms. The summed E-state index contributed by atoms with van der Waals surface area (Å²) < 4.78 is 37.7. The summed E-state index contributed by atoms with van der Waals surface area (Å²) in [5.41, 5.74) is -0.454. The first kappa shape index (κ1) is 11.9. The van der Waals surface area contributed by atoms with Crippen LogP contribution in [-0.4, -0.2) is 6.04 Å². The molecule has 0 fully saturated rings. The van der Waals surface area contributed by atoms with Gasteiger partial charge in [0.1, 0.15) is 0 Å². The number of hydrogen-bond donors (Lipinski definition) is 1. The summed E-state index contributed by atoms with van der Waals surface area (Å²) in [5, 5.41) is 2.85. The van der Waals surface area contributed by atoms with E-state index in [-0.39, 0.29) is 11.7 Å². The van der Waals surface area contributed by atoms with Gasteiger partial charge in [-0.25, -0.2) is 0 Å². The van der Waals surface area contributed by atoms with Gasteiger partial charge in [-0.05, 0) is 25.5 Å². The molecule has 1 unspecified atom stereocenters. The zero-order chi connectivity index (χ0) is 11.5. The molecule has 0 aromatic heterocycles.